The number of cyclic esters (lactones) is 1. The number of carbonyl (C=O) groups excluding carboxylic acids is 2. The third kappa shape index (κ3) is 3.80. The van der Waals surface area contributed by atoms with Gasteiger partial charge in [0.1, 0.15) is 12.4 Å². The van der Waals surface area contributed by atoms with Crippen molar-refractivity contribution in [1.82, 2.24) is 9.88 Å². The summed E-state index contributed by atoms with van der Waals surface area (Å²) in [5.41, 5.74) is 4.92. The molecule has 0 bridgehead atoms. The van der Waals surface area contributed by atoms with E-state index >= 15 is 0 Å². The van der Waals surface area contributed by atoms with Crippen molar-refractivity contribution < 1.29 is 19.4 Å². The molecule has 164 valence electrons. The van der Waals surface area contributed by atoms with Crippen molar-refractivity contribution in [2.24, 2.45) is 17.8 Å². The molecular weight excluding hydrogens is 392 g/mol. The van der Waals surface area contributed by atoms with Gasteiger partial charge >= 0.3 is 5.97 Å². The number of fused-ring (bicyclic) bond motifs is 3. The highest BCUT2D eigenvalue weighted by molar-refractivity contribution is 5.87. The summed E-state index contributed by atoms with van der Waals surface area (Å²) in [6, 6.07) is 5.26. The first-order valence-electron chi connectivity index (χ1n) is 11.2. The molecule has 0 saturated carbocycles. The molecule has 1 N–H and O–H groups in total. The van der Waals surface area contributed by atoms with E-state index in [9.17, 15) is 14.7 Å². The monoisotopic (exact) mass is 422 g/mol. The Kier molecular flexibility index (Phi) is 5.73. The molecule has 31 heavy (non-hydrogen) atoms. The molecule has 2 aliphatic rings. The zero-order chi connectivity index (χ0) is 22.3. The maximum atomic E-state index is 13.3. The molecule has 3 atom stereocenters. The number of esters is 1. The number of amides is 1. The fraction of sp³-hybridized carbons (Fsp3) is 0.480. The molecule has 2 aromatic rings. The Hall–Kier alpha value is -2.89. The second-order valence-corrected chi connectivity index (χ2v) is 8.73. The predicted octanol–water partition coefficient (Wildman–Crippen LogP) is 4.13. The number of aromatic hydroxyl groups is 1. The lowest BCUT2D eigenvalue weighted by molar-refractivity contribution is -0.153. The second-order valence-electron chi connectivity index (χ2n) is 8.73. The second kappa shape index (κ2) is 8.33. The van der Waals surface area contributed by atoms with Gasteiger partial charge in [-0.1, -0.05) is 33.8 Å². The summed E-state index contributed by atoms with van der Waals surface area (Å²) in [5.74, 6) is -0.735. The highest BCUT2D eigenvalue weighted by atomic mass is 16.5. The average Bonchev–Trinajstić information content (AvgIpc) is 2.75. The number of hydrogen-bond acceptors (Lipinski definition) is 5. The number of benzene rings is 1. The molecule has 1 amide bonds. The Balaban J connectivity index is 1.86. The van der Waals surface area contributed by atoms with E-state index in [4.69, 9.17) is 9.72 Å². The van der Waals surface area contributed by atoms with Crippen LogP contribution in [0.3, 0.4) is 0 Å². The zero-order valence-electron chi connectivity index (χ0n) is 18.6. The molecule has 2 unspecified atom stereocenters. The largest absolute Gasteiger partial charge is 0.508 e. The maximum Gasteiger partial charge on any atom is 0.309 e. The summed E-state index contributed by atoms with van der Waals surface area (Å²) in [5, 5.41) is 10.9. The number of carbonyl (C=O) groups is 2. The van der Waals surface area contributed by atoms with Crippen LogP contribution < -0.4 is 0 Å². The van der Waals surface area contributed by atoms with Crippen LogP contribution in [0, 0.1) is 17.8 Å². The van der Waals surface area contributed by atoms with Crippen LogP contribution in [0.25, 0.3) is 10.9 Å². The van der Waals surface area contributed by atoms with E-state index in [-0.39, 0.29) is 36.1 Å². The van der Waals surface area contributed by atoms with Gasteiger partial charge in [0, 0.05) is 17.5 Å². The molecular formula is C25H30N2O4. The van der Waals surface area contributed by atoms with Crippen LogP contribution in [0.2, 0.25) is 0 Å². The summed E-state index contributed by atoms with van der Waals surface area (Å²) in [6.45, 7) is 8.45. The predicted molar refractivity (Wildman–Crippen MR) is 118 cm³/mol. The normalized spacial score (nSPS) is 26.0. The summed E-state index contributed by atoms with van der Waals surface area (Å²) in [6.07, 6.45) is 4.08. The van der Waals surface area contributed by atoms with Gasteiger partial charge in [0.25, 0.3) is 0 Å². The molecule has 2 aliphatic heterocycles. The number of ether oxygens (including phenoxy) is 1. The van der Waals surface area contributed by atoms with Gasteiger partial charge in [-0.15, -0.1) is 0 Å². The lowest BCUT2D eigenvalue weighted by Gasteiger charge is -2.36. The molecule has 0 saturated heterocycles. The molecule has 3 heterocycles. The van der Waals surface area contributed by atoms with Crippen LogP contribution >= 0.6 is 0 Å². The molecule has 1 aromatic carbocycles. The van der Waals surface area contributed by atoms with E-state index in [2.05, 4.69) is 13.0 Å². The topological polar surface area (TPSA) is 79.7 Å². The third-order valence-corrected chi connectivity index (χ3v) is 6.63. The minimum Gasteiger partial charge on any atom is -0.508 e. The first kappa shape index (κ1) is 21.3. The zero-order valence-corrected chi connectivity index (χ0v) is 18.6. The van der Waals surface area contributed by atoms with Crippen molar-refractivity contribution in [3.05, 3.63) is 46.8 Å². The quantitative estimate of drug-likeness (QED) is 0.736. The summed E-state index contributed by atoms with van der Waals surface area (Å²) < 4.78 is 5.48. The van der Waals surface area contributed by atoms with E-state index in [1.165, 1.54) is 0 Å². The highest BCUT2D eigenvalue weighted by Crippen LogP contribution is 2.35. The molecule has 0 fully saturated rings. The smallest absolute Gasteiger partial charge is 0.309 e. The Morgan fingerprint density at radius 1 is 1.23 bits per heavy atom. The van der Waals surface area contributed by atoms with Gasteiger partial charge in [-0.25, -0.2) is 0 Å². The Morgan fingerprint density at radius 3 is 2.71 bits per heavy atom. The lowest BCUT2D eigenvalue weighted by Crippen LogP contribution is -2.41. The van der Waals surface area contributed by atoms with Crippen molar-refractivity contribution in [3.8, 4) is 5.75 Å². The van der Waals surface area contributed by atoms with Crippen LogP contribution in [0.1, 0.15) is 50.9 Å². The lowest BCUT2D eigenvalue weighted by atomic mass is 9.87. The van der Waals surface area contributed by atoms with Crippen LogP contribution in [0.15, 0.2) is 30.0 Å². The van der Waals surface area contributed by atoms with Crippen LogP contribution in [-0.2, 0) is 33.7 Å². The van der Waals surface area contributed by atoms with Crippen molar-refractivity contribution in [3.63, 3.8) is 0 Å². The van der Waals surface area contributed by atoms with E-state index in [1.807, 2.05) is 31.7 Å². The standard InChI is InChI=1S/C25H30N2O4/c1-5-18-14(3)9-16-10-23-21(12-27(16)24(29)15(4)13-31-25(18)30)19(6-2)20-11-17(28)7-8-22(20)26-23/h7-9,11,14-15,18,28H,5-6,10,12-13H2,1-4H3/b16-9-/t14?,15?,18-/m1/s1. The molecule has 6 nitrogen and oxygen atoms in total. The molecule has 0 spiro atoms. The number of nitrogens with zero attached hydrogens (tertiary/aromatic N) is 2. The molecule has 1 aromatic heterocycles. The van der Waals surface area contributed by atoms with Crippen LogP contribution in [0.4, 0.5) is 0 Å². The van der Waals surface area contributed by atoms with Crippen molar-refractivity contribution in [1.29, 1.82) is 0 Å². The van der Waals surface area contributed by atoms with Gasteiger partial charge in [0.2, 0.25) is 5.91 Å². The first-order valence-corrected chi connectivity index (χ1v) is 11.2. The summed E-state index contributed by atoms with van der Waals surface area (Å²) in [4.78, 5) is 32.6. The molecule has 4 rings (SSSR count). The van der Waals surface area contributed by atoms with Crippen molar-refractivity contribution in [2.45, 2.75) is 53.5 Å². The average molecular weight is 423 g/mol. The maximum absolute atomic E-state index is 13.3. The van der Waals surface area contributed by atoms with Gasteiger partial charge in [0.15, 0.2) is 0 Å². The minimum absolute atomic E-state index is 0.0371. The molecule has 6 heteroatoms. The summed E-state index contributed by atoms with van der Waals surface area (Å²) in [7, 11) is 0. The SMILES string of the molecule is CCc1c2c(nc3ccc(O)cc13)C/C1=C/C(C)[C@@H](CC)C(=O)OCC(C)C(=O)N1C2. The Labute approximate surface area is 182 Å². The van der Waals surface area contributed by atoms with Crippen molar-refractivity contribution >= 4 is 22.8 Å². The highest BCUT2D eigenvalue weighted by Gasteiger charge is 2.34. The van der Waals surface area contributed by atoms with Gasteiger partial charge in [-0.3, -0.25) is 14.6 Å². The number of pyridine rings is 1. The Bertz CT molecular complexity index is 1070. The summed E-state index contributed by atoms with van der Waals surface area (Å²) >= 11 is 0. The Morgan fingerprint density at radius 2 is 2.00 bits per heavy atom. The van der Waals surface area contributed by atoms with Gasteiger partial charge in [-0.2, -0.15) is 0 Å². The fourth-order valence-electron chi connectivity index (χ4n) is 4.87. The van der Waals surface area contributed by atoms with E-state index in [0.717, 1.165) is 39.8 Å². The van der Waals surface area contributed by atoms with Gasteiger partial charge in [0.05, 0.1) is 29.6 Å². The first-order chi connectivity index (χ1) is 14.8. The number of allylic oxidation sites excluding steroid dienone is 2. The van der Waals surface area contributed by atoms with Gasteiger partial charge in [-0.05, 0) is 48.1 Å². The molecule has 0 radical (unpaired) electrons. The van der Waals surface area contributed by atoms with Crippen LogP contribution in [-0.4, -0.2) is 33.5 Å². The number of phenols is 1. The number of rotatable bonds is 2. The molecule has 0 aliphatic carbocycles. The van der Waals surface area contributed by atoms with Gasteiger partial charge < -0.3 is 14.7 Å². The van der Waals surface area contributed by atoms with Crippen molar-refractivity contribution in [2.75, 3.05) is 6.61 Å². The fourth-order valence-corrected chi connectivity index (χ4v) is 4.87. The third-order valence-electron chi connectivity index (χ3n) is 6.63. The van der Waals surface area contributed by atoms with E-state index in [1.54, 1.807) is 12.1 Å². The number of hydrogen-bond donors (Lipinski definition) is 1. The minimum atomic E-state index is -0.414. The number of aromatic nitrogens is 1. The van der Waals surface area contributed by atoms with E-state index in [0.29, 0.717) is 19.4 Å². The van der Waals surface area contributed by atoms with E-state index < -0.39 is 5.92 Å². The van der Waals surface area contributed by atoms with Crippen LogP contribution in [0.5, 0.6) is 5.75 Å². The number of aryl methyl sites for hydroxylation is 1. The number of phenolic OH excluding ortho intramolecular Hbond substituents is 1.